The Morgan fingerprint density at radius 2 is 1.88 bits per heavy atom. The van der Waals surface area contributed by atoms with E-state index in [-0.39, 0.29) is 24.7 Å². The number of hydrogen-bond acceptors (Lipinski definition) is 5. The average Bonchev–Trinajstić information content (AvgIpc) is 2.63. The molecule has 0 spiro atoms. The quantitative estimate of drug-likeness (QED) is 0.803. The van der Waals surface area contributed by atoms with Gasteiger partial charge in [0.15, 0.2) is 0 Å². The molecule has 0 aromatic carbocycles. The fourth-order valence-electron chi connectivity index (χ4n) is 4.30. The van der Waals surface area contributed by atoms with Gasteiger partial charge in [-0.3, -0.25) is 4.98 Å². The highest BCUT2D eigenvalue weighted by Crippen LogP contribution is 2.27. The molecule has 2 N–H and O–H groups in total. The van der Waals surface area contributed by atoms with Crippen molar-refractivity contribution in [3.8, 4) is 0 Å². The molecule has 7 nitrogen and oxygen atoms in total. The van der Waals surface area contributed by atoms with Crippen molar-refractivity contribution < 1.29 is 4.39 Å². The number of H-pyrrole nitrogens is 1. The van der Waals surface area contributed by atoms with Crippen LogP contribution in [-0.4, -0.2) is 51.8 Å². The van der Waals surface area contributed by atoms with Crippen molar-refractivity contribution in [3.05, 3.63) is 21.0 Å². The van der Waals surface area contributed by atoms with E-state index in [4.69, 9.17) is 0 Å². The molecule has 2 fully saturated rings. The minimum Gasteiger partial charge on any atom is -0.353 e. The summed E-state index contributed by atoms with van der Waals surface area (Å²) in [5.41, 5.74) is -0.914. The zero-order valence-corrected chi connectivity index (χ0v) is 15.5. The van der Waals surface area contributed by atoms with Crippen molar-refractivity contribution in [1.29, 1.82) is 0 Å². The van der Waals surface area contributed by atoms with Crippen molar-refractivity contribution in [2.45, 2.75) is 64.0 Å². The number of likely N-dealkylation sites (tertiary alicyclic amines) is 1. The lowest BCUT2D eigenvalue weighted by atomic mass is 9.85. The van der Waals surface area contributed by atoms with Gasteiger partial charge in [-0.15, -0.1) is 0 Å². The molecule has 8 heteroatoms. The summed E-state index contributed by atoms with van der Waals surface area (Å²) >= 11 is 0. The number of aromatic amines is 1. The summed E-state index contributed by atoms with van der Waals surface area (Å²) < 4.78 is 13.7. The van der Waals surface area contributed by atoms with Gasteiger partial charge < -0.3 is 10.2 Å². The molecule has 1 aliphatic heterocycles. The van der Waals surface area contributed by atoms with Crippen LogP contribution in [0.25, 0.3) is 0 Å². The van der Waals surface area contributed by atoms with Crippen molar-refractivity contribution in [2.75, 3.05) is 31.6 Å². The Balaban J connectivity index is 1.67. The molecule has 2 aliphatic rings. The van der Waals surface area contributed by atoms with Crippen LogP contribution in [0.15, 0.2) is 9.59 Å². The third-order valence-electron chi connectivity index (χ3n) is 5.90. The summed E-state index contributed by atoms with van der Waals surface area (Å²) in [6.07, 6.45) is 7.44. The van der Waals surface area contributed by atoms with E-state index in [0.717, 1.165) is 0 Å². The van der Waals surface area contributed by atoms with Crippen LogP contribution in [0.5, 0.6) is 0 Å². The Labute approximate surface area is 153 Å². The van der Waals surface area contributed by atoms with Gasteiger partial charge in [-0.1, -0.05) is 19.3 Å². The molecule has 1 aromatic heterocycles. The van der Waals surface area contributed by atoms with Gasteiger partial charge >= 0.3 is 11.4 Å². The number of nitrogens with one attached hydrogen (secondary N) is 2. The average molecular weight is 367 g/mol. The molecule has 1 atom stereocenters. The van der Waals surface area contributed by atoms with Crippen molar-refractivity contribution in [3.63, 3.8) is 0 Å². The van der Waals surface area contributed by atoms with E-state index in [0.29, 0.717) is 38.4 Å². The van der Waals surface area contributed by atoms with E-state index in [1.807, 2.05) is 4.90 Å². The first-order valence-electron chi connectivity index (χ1n) is 9.86. The summed E-state index contributed by atoms with van der Waals surface area (Å²) in [7, 11) is 0. The van der Waals surface area contributed by atoms with Crippen LogP contribution in [-0.2, 0) is 0 Å². The predicted octanol–water partition coefficient (Wildman–Crippen LogP) is 1.92. The van der Waals surface area contributed by atoms with E-state index in [1.165, 1.54) is 36.7 Å². The van der Waals surface area contributed by atoms with E-state index < -0.39 is 11.4 Å². The number of piperidine rings is 1. The summed E-state index contributed by atoms with van der Waals surface area (Å²) in [4.78, 5) is 33.7. The van der Waals surface area contributed by atoms with Gasteiger partial charge in [-0.05, 0) is 38.5 Å². The van der Waals surface area contributed by atoms with Crippen LogP contribution in [0.4, 0.5) is 10.3 Å². The number of rotatable bonds is 6. The molecule has 3 rings (SSSR count). The van der Waals surface area contributed by atoms with Crippen LogP contribution < -0.4 is 16.7 Å². The summed E-state index contributed by atoms with van der Waals surface area (Å²) in [5.74, 6) is 0.820. The molecule has 0 unspecified atom stereocenters. The molecule has 0 amide bonds. The van der Waals surface area contributed by atoms with Gasteiger partial charge in [0.05, 0.1) is 0 Å². The van der Waals surface area contributed by atoms with Gasteiger partial charge in [-0.25, -0.2) is 18.5 Å². The number of nitrogens with zero attached hydrogens (tertiary/aromatic N) is 3. The SMILES string of the molecule is C[C@H](Nc1nc(=O)n(C2CCN(CCF)CC2)c(=O)[nH]1)C1CCCCC1. The Morgan fingerprint density at radius 1 is 1.19 bits per heavy atom. The minimum atomic E-state index is -0.504. The van der Waals surface area contributed by atoms with E-state index >= 15 is 0 Å². The Kier molecular flexibility index (Phi) is 6.45. The van der Waals surface area contributed by atoms with Gasteiger partial charge in [0.25, 0.3) is 0 Å². The second-order valence-corrected chi connectivity index (χ2v) is 7.64. The molecule has 26 heavy (non-hydrogen) atoms. The number of halogens is 1. The summed E-state index contributed by atoms with van der Waals surface area (Å²) in [6, 6.07) is 0.0112. The second kappa shape index (κ2) is 8.79. The van der Waals surface area contributed by atoms with Gasteiger partial charge in [-0.2, -0.15) is 4.98 Å². The predicted molar refractivity (Wildman–Crippen MR) is 99.5 cm³/mol. The first-order chi connectivity index (χ1) is 12.6. The number of aromatic nitrogens is 3. The van der Waals surface area contributed by atoms with Crippen LogP contribution >= 0.6 is 0 Å². The molecule has 0 radical (unpaired) electrons. The highest BCUT2D eigenvalue weighted by atomic mass is 19.1. The smallest absolute Gasteiger partial charge is 0.353 e. The monoisotopic (exact) mass is 367 g/mol. The first-order valence-corrected chi connectivity index (χ1v) is 9.86. The highest BCUT2D eigenvalue weighted by Gasteiger charge is 2.24. The lowest BCUT2D eigenvalue weighted by Gasteiger charge is -2.31. The minimum absolute atomic E-state index is 0.167. The first kappa shape index (κ1) is 19.1. The molecule has 1 saturated carbocycles. The zero-order chi connectivity index (χ0) is 18.5. The lowest BCUT2D eigenvalue weighted by molar-refractivity contribution is 0.170. The number of alkyl halides is 1. The lowest BCUT2D eigenvalue weighted by Crippen LogP contribution is -2.45. The largest absolute Gasteiger partial charge is 0.355 e. The number of anilines is 1. The van der Waals surface area contributed by atoms with Crippen LogP contribution in [0.2, 0.25) is 0 Å². The Bertz CT molecular complexity index is 658. The van der Waals surface area contributed by atoms with Crippen LogP contribution in [0.1, 0.15) is 57.9 Å². The van der Waals surface area contributed by atoms with Crippen molar-refractivity contribution in [2.24, 2.45) is 5.92 Å². The third kappa shape index (κ3) is 4.52. The standard InChI is InChI=1S/C18H30FN5O2/c1-13(14-5-3-2-4-6-14)20-16-21-17(25)24(18(26)22-16)15-7-10-23(11-8-15)12-9-19/h13-15H,2-12H2,1H3,(H2,20,21,22,25,26)/t13-/m0/s1. The summed E-state index contributed by atoms with van der Waals surface area (Å²) in [6.45, 7) is 3.52. The second-order valence-electron chi connectivity index (χ2n) is 7.64. The molecule has 0 bridgehead atoms. The van der Waals surface area contributed by atoms with Gasteiger partial charge in [0.2, 0.25) is 5.95 Å². The van der Waals surface area contributed by atoms with Gasteiger partial charge in [0, 0.05) is 31.7 Å². The topological polar surface area (TPSA) is 83.0 Å². The van der Waals surface area contributed by atoms with Crippen molar-refractivity contribution in [1.82, 2.24) is 19.4 Å². The molecular formula is C18H30FN5O2. The maximum absolute atomic E-state index is 12.5. The molecule has 2 heterocycles. The van der Waals surface area contributed by atoms with Crippen molar-refractivity contribution >= 4 is 5.95 Å². The third-order valence-corrected chi connectivity index (χ3v) is 5.90. The molecule has 1 saturated heterocycles. The number of hydrogen-bond donors (Lipinski definition) is 2. The summed E-state index contributed by atoms with van der Waals surface area (Å²) in [5, 5.41) is 3.22. The molecule has 1 aliphatic carbocycles. The molecule has 1 aromatic rings. The van der Waals surface area contributed by atoms with Gasteiger partial charge in [0.1, 0.15) is 6.67 Å². The van der Waals surface area contributed by atoms with Crippen LogP contribution in [0, 0.1) is 5.92 Å². The normalized spacial score (nSPS) is 21.6. The Hall–Kier alpha value is -1.70. The maximum Gasteiger partial charge on any atom is 0.355 e. The van der Waals surface area contributed by atoms with E-state index in [2.05, 4.69) is 22.2 Å². The van der Waals surface area contributed by atoms with E-state index in [1.54, 1.807) is 0 Å². The fourth-order valence-corrected chi connectivity index (χ4v) is 4.30. The molecule has 146 valence electrons. The maximum atomic E-state index is 12.5. The molecular weight excluding hydrogens is 337 g/mol. The highest BCUT2D eigenvalue weighted by molar-refractivity contribution is 5.23. The van der Waals surface area contributed by atoms with E-state index in [9.17, 15) is 14.0 Å². The fraction of sp³-hybridized carbons (Fsp3) is 0.833. The zero-order valence-electron chi connectivity index (χ0n) is 15.5. The Morgan fingerprint density at radius 3 is 2.50 bits per heavy atom. The van der Waals surface area contributed by atoms with Crippen LogP contribution in [0.3, 0.4) is 0 Å².